The van der Waals surface area contributed by atoms with Gasteiger partial charge in [0.2, 0.25) is 0 Å². The molecule has 0 aliphatic rings. The van der Waals surface area contributed by atoms with E-state index >= 15 is 0 Å². The highest BCUT2D eigenvalue weighted by Gasteiger charge is 2.31. The Bertz CT molecular complexity index is 590. The molecular weight excluding hydrogens is 257 g/mol. The molecule has 19 heavy (non-hydrogen) atoms. The Hall–Kier alpha value is -1.82. The van der Waals surface area contributed by atoms with Crippen LogP contribution in [0.5, 0.6) is 0 Å². The number of halogens is 3. The lowest BCUT2D eigenvalue weighted by molar-refractivity contribution is -0.137. The molecule has 0 saturated heterocycles. The van der Waals surface area contributed by atoms with Crippen LogP contribution in [0.4, 0.5) is 13.2 Å². The second-order valence-electron chi connectivity index (χ2n) is 4.39. The molecule has 1 unspecified atom stereocenters. The van der Waals surface area contributed by atoms with Gasteiger partial charge in [-0.2, -0.15) is 18.3 Å². The molecular formula is C13H13F3N2O. The van der Waals surface area contributed by atoms with Crippen LogP contribution in [-0.4, -0.2) is 14.9 Å². The molecule has 0 bridgehead atoms. The standard InChI is InChI=1S/C13H13F3N2O/c1-8-7-9(13(14,15)16)3-4-10(8)12(19)11-5-6-18(2)17-11/h3-7,12,19H,1-2H3. The summed E-state index contributed by atoms with van der Waals surface area (Å²) in [5, 5.41) is 14.2. The van der Waals surface area contributed by atoms with Gasteiger partial charge in [-0.25, -0.2) is 0 Å². The molecule has 1 heterocycles. The molecule has 1 aromatic heterocycles. The Labute approximate surface area is 108 Å². The Morgan fingerprint density at radius 3 is 2.42 bits per heavy atom. The normalized spacial score (nSPS) is 13.6. The molecule has 0 radical (unpaired) electrons. The fraction of sp³-hybridized carbons (Fsp3) is 0.308. The topological polar surface area (TPSA) is 38.0 Å². The van der Waals surface area contributed by atoms with Gasteiger partial charge in [0.15, 0.2) is 0 Å². The number of aryl methyl sites for hydroxylation is 2. The van der Waals surface area contributed by atoms with Crippen molar-refractivity contribution in [3.05, 3.63) is 52.8 Å². The Kier molecular flexibility index (Phi) is 3.36. The highest BCUT2D eigenvalue weighted by molar-refractivity contribution is 5.36. The maximum Gasteiger partial charge on any atom is 0.416 e. The van der Waals surface area contributed by atoms with E-state index in [1.807, 2.05) is 0 Å². The highest BCUT2D eigenvalue weighted by atomic mass is 19.4. The Morgan fingerprint density at radius 1 is 1.26 bits per heavy atom. The number of aromatic nitrogens is 2. The van der Waals surface area contributed by atoms with Gasteiger partial charge in [0.05, 0.1) is 11.3 Å². The molecule has 0 aliphatic heterocycles. The lowest BCUT2D eigenvalue weighted by atomic mass is 9.99. The second-order valence-corrected chi connectivity index (χ2v) is 4.39. The third-order valence-corrected chi connectivity index (χ3v) is 2.91. The summed E-state index contributed by atoms with van der Waals surface area (Å²) >= 11 is 0. The van der Waals surface area contributed by atoms with Crippen LogP contribution in [0.1, 0.15) is 28.5 Å². The van der Waals surface area contributed by atoms with Gasteiger partial charge >= 0.3 is 6.18 Å². The van der Waals surface area contributed by atoms with Crippen LogP contribution in [0, 0.1) is 6.92 Å². The van der Waals surface area contributed by atoms with Crippen molar-refractivity contribution in [3.63, 3.8) is 0 Å². The summed E-state index contributed by atoms with van der Waals surface area (Å²) in [5.74, 6) is 0. The van der Waals surface area contributed by atoms with Gasteiger partial charge in [-0.1, -0.05) is 6.07 Å². The van der Waals surface area contributed by atoms with E-state index in [4.69, 9.17) is 0 Å². The van der Waals surface area contributed by atoms with E-state index in [2.05, 4.69) is 5.10 Å². The molecule has 1 aromatic carbocycles. The Morgan fingerprint density at radius 2 is 1.95 bits per heavy atom. The summed E-state index contributed by atoms with van der Waals surface area (Å²) < 4.78 is 39.2. The fourth-order valence-electron chi connectivity index (χ4n) is 1.90. The van der Waals surface area contributed by atoms with Crippen molar-refractivity contribution in [2.24, 2.45) is 7.05 Å². The SMILES string of the molecule is Cc1cc(C(F)(F)F)ccc1C(O)c1ccn(C)n1. The van der Waals surface area contributed by atoms with Crippen molar-refractivity contribution in [1.82, 2.24) is 9.78 Å². The predicted octanol–water partition coefficient (Wildman–Crippen LogP) is 2.83. The smallest absolute Gasteiger partial charge is 0.382 e. The van der Waals surface area contributed by atoms with Crippen LogP contribution in [-0.2, 0) is 13.2 Å². The quantitative estimate of drug-likeness (QED) is 0.911. The second kappa shape index (κ2) is 4.70. The minimum Gasteiger partial charge on any atom is -0.382 e. The molecule has 2 rings (SSSR count). The molecule has 0 spiro atoms. The summed E-state index contributed by atoms with van der Waals surface area (Å²) in [5.41, 5.74) is 0.493. The zero-order valence-corrected chi connectivity index (χ0v) is 10.4. The van der Waals surface area contributed by atoms with Crippen molar-refractivity contribution < 1.29 is 18.3 Å². The van der Waals surface area contributed by atoms with Crippen LogP contribution in [0.3, 0.4) is 0 Å². The van der Waals surface area contributed by atoms with Crippen molar-refractivity contribution >= 4 is 0 Å². The first kappa shape index (κ1) is 13.6. The molecule has 0 saturated carbocycles. The molecule has 102 valence electrons. The van der Waals surface area contributed by atoms with Gasteiger partial charge < -0.3 is 5.11 Å². The van der Waals surface area contributed by atoms with Gasteiger partial charge in [-0.3, -0.25) is 4.68 Å². The number of rotatable bonds is 2. The van der Waals surface area contributed by atoms with Gasteiger partial charge in [-0.05, 0) is 36.2 Å². The predicted molar refractivity (Wildman–Crippen MR) is 63.5 cm³/mol. The molecule has 0 fully saturated rings. The summed E-state index contributed by atoms with van der Waals surface area (Å²) in [7, 11) is 1.70. The van der Waals surface area contributed by atoms with E-state index in [-0.39, 0.29) is 0 Å². The minimum atomic E-state index is -4.38. The zero-order valence-electron chi connectivity index (χ0n) is 10.4. The Balaban J connectivity index is 2.36. The summed E-state index contributed by atoms with van der Waals surface area (Å²) in [6.07, 6.45) is -3.74. The zero-order chi connectivity index (χ0) is 14.2. The van der Waals surface area contributed by atoms with Crippen LogP contribution >= 0.6 is 0 Å². The van der Waals surface area contributed by atoms with E-state index < -0.39 is 17.8 Å². The maximum atomic E-state index is 12.5. The van der Waals surface area contributed by atoms with Crippen molar-refractivity contribution in [1.29, 1.82) is 0 Å². The molecule has 2 aromatic rings. The average molecular weight is 270 g/mol. The maximum absolute atomic E-state index is 12.5. The van der Waals surface area contributed by atoms with E-state index in [1.165, 1.54) is 17.7 Å². The summed E-state index contributed by atoms with van der Waals surface area (Å²) in [6.45, 7) is 1.54. The van der Waals surface area contributed by atoms with E-state index in [9.17, 15) is 18.3 Å². The fourth-order valence-corrected chi connectivity index (χ4v) is 1.90. The number of benzene rings is 1. The third kappa shape index (κ3) is 2.78. The number of hydrogen-bond donors (Lipinski definition) is 1. The highest BCUT2D eigenvalue weighted by Crippen LogP contribution is 2.32. The van der Waals surface area contributed by atoms with Crippen molar-refractivity contribution in [2.45, 2.75) is 19.2 Å². The number of hydrogen-bond acceptors (Lipinski definition) is 2. The van der Waals surface area contributed by atoms with E-state index in [1.54, 1.807) is 19.3 Å². The molecule has 1 atom stereocenters. The van der Waals surface area contributed by atoms with Gasteiger partial charge in [-0.15, -0.1) is 0 Å². The van der Waals surface area contributed by atoms with Gasteiger partial charge in [0.1, 0.15) is 6.10 Å². The molecule has 0 aliphatic carbocycles. The van der Waals surface area contributed by atoms with Crippen LogP contribution in [0.15, 0.2) is 30.5 Å². The summed E-state index contributed by atoms with van der Waals surface area (Å²) in [6, 6.07) is 4.91. The first-order valence-corrected chi connectivity index (χ1v) is 5.64. The van der Waals surface area contributed by atoms with Gasteiger partial charge in [0.25, 0.3) is 0 Å². The first-order valence-electron chi connectivity index (χ1n) is 5.64. The monoisotopic (exact) mass is 270 g/mol. The average Bonchev–Trinajstić information content (AvgIpc) is 2.73. The number of alkyl halides is 3. The minimum absolute atomic E-state index is 0.382. The van der Waals surface area contributed by atoms with Crippen molar-refractivity contribution in [2.75, 3.05) is 0 Å². The molecule has 6 heteroatoms. The van der Waals surface area contributed by atoms with Crippen LogP contribution in [0.2, 0.25) is 0 Å². The number of nitrogens with zero attached hydrogens (tertiary/aromatic N) is 2. The third-order valence-electron chi connectivity index (χ3n) is 2.91. The summed E-state index contributed by atoms with van der Waals surface area (Å²) in [4.78, 5) is 0. The van der Waals surface area contributed by atoms with Crippen molar-refractivity contribution in [3.8, 4) is 0 Å². The first-order chi connectivity index (χ1) is 8.79. The largest absolute Gasteiger partial charge is 0.416 e. The number of aliphatic hydroxyl groups is 1. The molecule has 0 amide bonds. The van der Waals surface area contributed by atoms with Gasteiger partial charge in [0, 0.05) is 13.2 Å². The van der Waals surface area contributed by atoms with Crippen LogP contribution in [0.25, 0.3) is 0 Å². The van der Waals surface area contributed by atoms with Crippen LogP contribution < -0.4 is 0 Å². The molecule has 1 N–H and O–H groups in total. The van der Waals surface area contributed by atoms with E-state index in [0.29, 0.717) is 16.8 Å². The molecule has 3 nitrogen and oxygen atoms in total. The lowest BCUT2D eigenvalue weighted by Gasteiger charge is -2.14. The van der Waals surface area contributed by atoms with E-state index in [0.717, 1.165) is 12.1 Å². The number of aliphatic hydroxyl groups excluding tert-OH is 1. The lowest BCUT2D eigenvalue weighted by Crippen LogP contribution is -2.08.